The van der Waals surface area contributed by atoms with Crippen molar-refractivity contribution in [2.75, 3.05) is 0 Å². The molecule has 15 heavy (non-hydrogen) atoms. The summed E-state index contributed by atoms with van der Waals surface area (Å²) in [6.07, 6.45) is 5.75. The van der Waals surface area contributed by atoms with Crippen molar-refractivity contribution in [2.45, 2.75) is 45.1 Å². The average molecular weight is 224 g/mol. The molecule has 3 atom stereocenters. The summed E-state index contributed by atoms with van der Waals surface area (Å²) in [6.45, 7) is 2.28. The van der Waals surface area contributed by atoms with Crippen LogP contribution in [0, 0.1) is 11.8 Å². The molecule has 0 bridgehead atoms. The minimum Gasteiger partial charge on any atom is -0.393 e. The van der Waals surface area contributed by atoms with Crippen molar-refractivity contribution in [1.29, 1.82) is 0 Å². The molecule has 1 aliphatic rings. The Kier molecular flexibility index (Phi) is 3.81. The molecular formula is C13H20OS. The predicted molar refractivity (Wildman–Crippen MR) is 65.2 cm³/mol. The maximum absolute atomic E-state index is 10.1. The number of thiophene rings is 1. The van der Waals surface area contributed by atoms with E-state index in [0.29, 0.717) is 5.92 Å². The summed E-state index contributed by atoms with van der Waals surface area (Å²) in [7, 11) is 0. The van der Waals surface area contributed by atoms with Gasteiger partial charge in [-0.15, -0.1) is 11.3 Å². The van der Waals surface area contributed by atoms with E-state index in [-0.39, 0.29) is 6.10 Å². The van der Waals surface area contributed by atoms with Gasteiger partial charge >= 0.3 is 0 Å². The van der Waals surface area contributed by atoms with Crippen molar-refractivity contribution < 1.29 is 5.11 Å². The molecule has 0 spiro atoms. The molecule has 3 unspecified atom stereocenters. The summed E-state index contributed by atoms with van der Waals surface area (Å²) in [4.78, 5) is 1.40. The zero-order valence-corrected chi connectivity index (χ0v) is 10.2. The molecule has 0 radical (unpaired) electrons. The van der Waals surface area contributed by atoms with Crippen LogP contribution < -0.4 is 0 Å². The summed E-state index contributed by atoms with van der Waals surface area (Å²) in [5.74, 6) is 1.29. The zero-order valence-electron chi connectivity index (χ0n) is 9.36. The molecule has 2 heteroatoms. The van der Waals surface area contributed by atoms with Gasteiger partial charge < -0.3 is 5.11 Å². The summed E-state index contributed by atoms with van der Waals surface area (Å²) in [6, 6.07) is 4.25. The lowest BCUT2D eigenvalue weighted by Gasteiger charge is -2.21. The van der Waals surface area contributed by atoms with Gasteiger partial charge in [0.15, 0.2) is 0 Å². The molecule has 84 valence electrons. The second-order valence-electron chi connectivity index (χ2n) is 4.76. The van der Waals surface area contributed by atoms with Gasteiger partial charge in [0.05, 0.1) is 6.10 Å². The fraction of sp³-hybridized carbons (Fsp3) is 0.692. The fourth-order valence-corrected chi connectivity index (χ4v) is 3.43. The molecule has 1 fully saturated rings. The third-order valence-corrected chi connectivity index (χ3v) is 4.62. The Morgan fingerprint density at radius 3 is 3.00 bits per heavy atom. The predicted octanol–water partition coefficient (Wildman–Crippen LogP) is 3.48. The molecule has 1 aromatic heterocycles. The van der Waals surface area contributed by atoms with Crippen LogP contribution in [0.2, 0.25) is 0 Å². The highest BCUT2D eigenvalue weighted by molar-refractivity contribution is 7.09. The maximum atomic E-state index is 10.1. The third kappa shape index (κ3) is 2.82. The second-order valence-corrected chi connectivity index (χ2v) is 5.79. The Hall–Kier alpha value is -0.340. The second kappa shape index (κ2) is 5.13. The monoisotopic (exact) mass is 224 g/mol. The molecule has 0 aliphatic heterocycles. The summed E-state index contributed by atoms with van der Waals surface area (Å²) in [5, 5.41) is 12.2. The van der Waals surface area contributed by atoms with Crippen LogP contribution in [-0.4, -0.2) is 11.2 Å². The molecule has 1 saturated carbocycles. The molecule has 0 amide bonds. The van der Waals surface area contributed by atoms with Gasteiger partial charge in [0.1, 0.15) is 0 Å². The van der Waals surface area contributed by atoms with Crippen LogP contribution >= 0.6 is 11.3 Å². The van der Waals surface area contributed by atoms with Crippen LogP contribution in [0.1, 0.15) is 37.5 Å². The van der Waals surface area contributed by atoms with E-state index in [0.717, 1.165) is 18.8 Å². The van der Waals surface area contributed by atoms with Crippen molar-refractivity contribution in [3.05, 3.63) is 22.4 Å². The summed E-state index contributed by atoms with van der Waals surface area (Å²) < 4.78 is 0. The van der Waals surface area contributed by atoms with E-state index in [2.05, 4.69) is 24.4 Å². The van der Waals surface area contributed by atoms with Gasteiger partial charge in [0.25, 0.3) is 0 Å². The lowest BCUT2D eigenvalue weighted by atomic mass is 9.89. The number of aliphatic hydroxyl groups is 1. The first-order chi connectivity index (χ1) is 7.27. The highest BCUT2D eigenvalue weighted by Crippen LogP contribution is 2.35. The zero-order chi connectivity index (χ0) is 10.7. The SMILES string of the molecule is CC1CCCC1C(O)CCc1cccs1. The average Bonchev–Trinajstić information content (AvgIpc) is 2.84. The van der Waals surface area contributed by atoms with Crippen LogP contribution in [0.3, 0.4) is 0 Å². The number of rotatable bonds is 4. The minimum absolute atomic E-state index is 0.0791. The first-order valence-corrected chi connectivity index (χ1v) is 6.86. The van der Waals surface area contributed by atoms with Crippen molar-refractivity contribution in [3.63, 3.8) is 0 Å². The first kappa shape index (κ1) is 11.2. The lowest BCUT2D eigenvalue weighted by molar-refractivity contribution is 0.0824. The standard InChI is InChI=1S/C13H20OS/c1-10-4-2-6-12(10)13(14)8-7-11-5-3-9-15-11/h3,5,9-10,12-14H,2,4,6-8H2,1H3. The third-order valence-electron chi connectivity index (χ3n) is 3.69. The number of aliphatic hydroxyl groups excluding tert-OH is 1. The van der Waals surface area contributed by atoms with Gasteiger partial charge in [-0.05, 0) is 42.5 Å². The fourth-order valence-electron chi connectivity index (χ4n) is 2.70. The highest BCUT2D eigenvalue weighted by atomic mass is 32.1. The normalized spacial score (nSPS) is 28.1. The molecule has 1 aliphatic carbocycles. The topological polar surface area (TPSA) is 20.2 Å². The summed E-state index contributed by atoms with van der Waals surface area (Å²) >= 11 is 1.80. The van der Waals surface area contributed by atoms with Gasteiger partial charge in [0.2, 0.25) is 0 Å². The smallest absolute Gasteiger partial charge is 0.0574 e. The van der Waals surface area contributed by atoms with Crippen molar-refractivity contribution in [3.8, 4) is 0 Å². The Morgan fingerprint density at radius 2 is 2.40 bits per heavy atom. The summed E-state index contributed by atoms with van der Waals surface area (Å²) in [5.41, 5.74) is 0. The lowest BCUT2D eigenvalue weighted by Crippen LogP contribution is -2.22. The van der Waals surface area contributed by atoms with Crippen LogP contribution in [0.15, 0.2) is 17.5 Å². The molecule has 0 aromatic carbocycles. The Labute approximate surface area is 96.1 Å². The van der Waals surface area contributed by atoms with Crippen molar-refractivity contribution in [1.82, 2.24) is 0 Å². The van der Waals surface area contributed by atoms with E-state index >= 15 is 0 Å². The molecule has 2 rings (SSSR count). The molecule has 1 nitrogen and oxygen atoms in total. The Bertz CT molecular complexity index is 281. The van der Waals surface area contributed by atoms with Gasteiger partial charge in [-0.25, -0.2) is 0 Å². The Morgan fingerprint density at radius 1 is 1.53 bits per heavy atom. The van der Waals surface area contributed by atoms with E-state index in [1.807, 2.05) is 0 Å². The first-order valence-electron chi connectivity index (χ1n) is 5.98. The van der Waals surface area contributed by atoms with E-state index in [1.165, 1.54) is 24.1 Å². The molecule has 1 N–H and O–H groups in total. The number of hydrogen-bond acceptors (Lipinski definition) is 2. The van der Waals surface area contributed by atoms with Gasteiger partial charge in [-0.3, -0.25) is 0 Å². The quantitative estimate of drug-likeness (QED) is 0.830. The van der Waals surface area contributed by atoms with E-state index in [4.69, 9.17) is 0 Å². The highest BCUT2D eigenvalue weighted by Gasteiger charge is 2.29. The van der Waals surface area contributed by atoms with Crippen molar-refractivity contribution >= 4 is 11.3 Å². The van der Waals surface area contributed by atoms with Gasteiger partial charge in [-0.2, -0.15) is 0 Å². The molecule has 1 aromatic rings. The van der Waals surface area contributed by atoms with E-state index < -0.39 is 0 Å². The van der Waals surface area contributed by atoms with Crippen LogP contribution in [-0.2, 0) is 6.42 Å². The van der Waals surface area contributed by atoms with Crippen molar-refractivity contribution in [2.24, 2.45) is 11.8 Å². The molecule has 1 heterocycles. The maximum Gasteiger partial charge on any atom is 0.0574 e. The molecular weight excluding hydrogens is 204 g/mol. The number of hydrogen-bond donors (Lipinski definition) is 1. The molecule has 0 saturated heterocycles. The number of aryl methyl sites for hydroxylation is 1. The van der Waals surface area contributed by atoms with Crippen LogP contribution in [0.25, 0.3) is 0 Å². The van der Waals surface area contributed by atoms with Crippen LogP contribution in [0.5, 0.6) is 0 Å². The largest absolute Gasteiger partial charge is 0.393 e. The minimum atomic E-state index is -0.0791. The van der Waals surface area contributed by atoms with Gasteiger partial charge in [-0.1, -0.05) is 25.8 Å². The van der Waals surface area contributed by atoms with E-state index in [9.17, 15) is 5.11 Å². The Balaban J connectivity index is 1.79. The van der Waals surface area contributed by atoms with Crippen LogP contribution in [0.4, 0.5) is 0 Å². The van der Waals surface area contributed by atoms with Gasteiger partial charge in [0, 0.05) is 4.88 Å². The van der Waals surface area contributed by atoms with E-state index in [1.54, 1.807) is 11.3 Å².